The summed E-state index contributed by atoms with van der Waals surface area (Å²) in [5.74, 6) is -0.429. The van der Waals surface area contributed by atoms with Gasteiger partial charge in [0.05, 0.1) is 19.2 Å². The van der Waals surface area contributed by atoms with Gasteiger partial charge in [0.25, 0.3) is 0 Å². The summed E-state index contributed by atoms with van der Waals surface area (Å²) in [4.78, 5) is 0. The van der Waals surface area contributed by atoms with Gasteiger partial charge in [0, 0.05) is 12.0 Å². The summed E-state index contributed by atoms with van der Waals surface area (Å²) in [7, 11) is 1.35. The zero-order valence-electron chi connectivity index (χ0n) is 6.67. The molecular weight excluding hydrogens is 159 g/mol. The lowest BCUT2D eigenvalue weighted by atomic mass is 10.0. The normalized spacial score (nSPS) is 23.2. The molecule has 0 radical (unpaired) electrons. The maximum Gasteiger partial charge on any atom is 0.159 e. The minimum Gasteiger partial charge on any atom is -0.494 e. The number of halogens is 1. The van der Waals surface area contributed by atoms with Crippen molar-refractivity contribution >= 4 is 0 Å². The van der Waals surface area contributed by atoms with Crippen molar-refractivity contribution in [3.8, 4) is 6.07 Å². The maximum absolute atomic E-state index is 13.0. The molecule has 0 aromatic heterocycles. The molecule has 0 bridgehead atoms. The van der Waals surface area contributed by atoms with Gasteiger partial charge in [0.2, 0.25) is 0 Å². The first-order valence-electron chi connectivity index (χ1n) is 3.49. The third-order valence-electron chi connectivity index (χ3n) is 1.67. The number of hydrogen-bond acceptors (Lipinski definition) is 3. The van der Waals surface area contributed by atoms with Gasteiger partial charge in [0.15, 0.2) is 11.6 Å². The van der Waals surface area contributed by atoms with E-state index in [9.17, 15) is 4.39 Å². The minimum absolute atomic E-state index is 0.0605. The van der Waals surface area contributed by atoms with Crippen molar-refractivity contribution in [2.75, 3.05) is 7.11 Å². The number of hydrogen-bond donors (Lipinski definition) is 1. The molecule has 1 rings (SSSR count). The van der Waals surface area contributed by atoms with Crippen molar-refractivity contribution in [1.29, 1.82) is 5.26 Å². The average Bonchev–Trinajstić information content (AvgIpc) is 2.09. The van der Waals surface area contributed by atoms with Crippen LogP contribution in [0.25, 0.3) is 0 Å². The topological polar surface area (TPSA) is 59.0 Å². The van der Waals surface area contributed by atoms with Crippen LogP contribution in [0.4, 0.5) is 4.39 Å². The molecule has 0 fully saturated rings. The molecule has 12 heavy (non-hydrogen) atoms. The number of ether oxygens (including phenoxy) is 1. The third kappa shape index (κ3) is 1.46. The molecule has 0 heterocycles. The minimum atomic E-state index is -0.736. The van der Waals surface area contributed by atoms with E-state index in [1.165, 1.54) is 13.2 Å². The summed E-state index contributed by atoms with van der Waals surface area (Å²) in [6, 6.07) is 1.18. The summed E-state index contributed by atoms with van der Waals surface area (Å²) in [5, 5.41) is 8.53. The highest BCUT2D eigenvalue weighted by molar-refractivity contribution is 5.37. The van der Waals surface area contributed by atoms with Crippen molar-refractivity contribution in [2.45, 2.75) is 12.5 Å². The lowest BCUT2D eigenvalue weighted by molar-refractivity contribution is 0.280. The van der Waals surface area contributed by atoms with Crippen LogP contribution in [0.3, 0.4) is 0 Å². The van der Waals surface area contributed by atoms with Gasteiger partial charge in [-0.05, 0) is 6.08 Å². The fourth-order valence-corrected chi connectivity index (χ4v) is 1.03. The lowest BCUT2D eigenvalue weighted by Crippen LogP contribution is -2.25. The predicted molar refractivity (Wildman–Crippen MR) is 41.4 cm³/mol. The molecular formula is C8H9FN2O. The molecule has 0 aromatic carbocycles. The van der Waals surface area contributed by atoms with E-state index < -0.39 is 11.9 Å². The monoisotopic (exact) mass is 168 g/mol. The van der Waals surface area contributed by atoms with E-state index in [2.05, 4.69) is 0 Å². The van der Waals surface area contributed by atoms with E-state index in [1.807, 2.05) is 6.07 Å². The van der Waals surface area contributed by atoms with Gasteiger partial charge in [0.1, 0.15) is 0 Å². The van der Waals surface area contributed by atoms with Gasteiger partial charge in [-0.25, -0.2) is 4.39 Å². The van der Waals surface area contributed by atoms with E-state index in [0.29, 0.717) is 5.57 Å². The number of nitrogens with zero attached hydrogens (tertiary/aromatic N) is 1. The van der Waals surface area contributed by atoms with Crippen molar-refractivity contribution in [1.82, 2.24) is 0 Å². The van der Waals surface area contributed by atoms with E-state index in [-0.39, 0.29) is 12.2 Å². The second-order valence-corrected chi connectivity index (χ2v) is 2.51. The number of methoxy groups -OCH3 is 1. The fourth-order valence-electron chi connectivity index (χ4n) is 1.03. The first-order valence-corrected chi connectivity index (χ1v) is 3.49. The Hall–Kier alpha value is -1.34. The van der Waals surface area contributed by atoms with Crippen LogP contribution in [-0.4, -0.2) is 13.2 Å². The Morgan fingerprint density at radius 2 is 2.50 bits per heavy atom. The molecule has 1 atom stereocenters. The van der Waals surface area contributed by atoms with Crippen LogP contribution in [0.1, 0.15) is 6.42 Å². The largest absolute Gasteiger partial charge is 0.494 e. The summed E-state index contributed by atoms with van der Waals surface area (Å²) in [6.45, 7) is 0. The van der Waals surface area contributed by atoms with Crippen LogP contribution in [0.2, 0.25) is 0 Å². The quantitative estimate of drug-likeness (QED) is 0.635. The summed E-state index contributed by atoms with van der Waals surface area (Å²) < 4.78 is 17.7. The van der Waals surface area contributed by atoms with E-state index >= 15 is 0 Å². The second kappa shape index (κ2) is 3.37. The molecule has 0 aromatic rings. The average molecular weight is 168 g/mol. The van der Waals surface area contributed by atoms with Gasteiger partial charge in [-0.2, -0.15) is 5.26 Å². The Bertz CT molecular complexity index is 288. The molecule has 0 saturated heterocycles. The molecule has 2 N–H and O–H groups in total. The van der Waals surface area contributed by atoms with Crippen LogP contribution in [0.15, 0.2) is 23.2 Å². The fraction of sp³-hybridized carbons (Fsp3) is 0.375. The zero-order valence-corrected chi connectivity index (χ0v) is 6.67. The van der Waals surface area contributed by atoms with Crippen LogP contribution in [-0.2, 0) is 4.74 Å². The number of rotatable bonds is 1. The Balaban J connectivity index is 3.00. The molecule has 1 aliphatic carbocycles. The molecule has 4 heteroatoms. The van der Waals surface area contributed by atoms with E-state index in [0.717, 1.165) is 0 Å². The molecule has 0 amide bonds. The predicted octanol–water partition coefficient (Wildman–Crippen LogP) is 0.995. The van der Waals surface area contributed by atoms with Gasteiger partial charge < -0.3 is 10.5 Å². The standard InChI is InChI=1S/C8H9FN2O/c1-12-7-3-5(4-10)2-6(11)8(7)9/h3,6H,2,11H2,1H3. The summed E-state index contributed by atoms with van der Waals surface area (Å²) >= 11 is 0. The van der Waals surface area contributed by atoms with E-state index in [4.69, 9.17) is 15.7 Å². The van der Waals surface area contributed by atoms with Crippen molar-refractivity contribution in [2.24, 2.45) is 5.73 Å². The van der Waals surface area contributed by atoms with Crippen LogP contribution < -0.4 is 5.73 Å². The van der Waals surface area contributed by atoms with E-state index in [1.54, 1.807) is 0 Å². The highest BCUT2D eigenvalue weighted by Crippen LogP contribution is 2.23. The van der Waals surface area contributed by atoms with Crippen LogP contribution >= 0.6 is 0 Å². The highest BCUT2D eigenvalue weighted by Gasteiger charge is 2.21. The Kier molecular flexibility index (Phi) is 2.46. The molecule has 1 unspecified atom stereocenters. The number of nitriles is 1. The number of allylic oxidation sites excluding steroid dienone is 1. The summed E-state index contributed by atoms with van der Waals surface area (Å²) in [5.41, 5.74) is 5.85. The van der Waals surface area contributed by atoms with Gasteiger partial charge in [-0.3, -0.25) is 0 Å². The van der Waals surface area contributed by atoms with Crippen LogP contribution in [0, 0.1) is 11.3 Å². The second-order valence-electron chi connectivity index (χ2n) is 2.51. The summed E-state index contributed by atoms with van der Waals surface area (Å²) in [6.07, 6.45) is 1.62. The smallest absolute Gasteiger partial charge is 0.159 e. The maximum atomic E-state index is 13.0. The van der Waals surface area contributed by atoms with Gasteiger partial charge >= 0.3 is 0 Å². The SMILES string of the molecule is COC1=C(F)C(N)CC(C#N)=C1. The lowest BCUT2D eigenvalue weighted by Gasteiger charge is -2.16. The Labute approximate surface area is 69.9 Å². The molecule has 3 nitrogen and oxygen atoms in total. The third-order valence-corrected chi connectivity index (χ3v) is 1.67. The first-order chi connectivity index (χ1) is 5.69. The van der Waals surface area contributed by atoms with Crippen molar-refractivity contribution in [3.63, 3.8) is 0 Å². The van der Waals surface area contributed by atoms with Crippen molar-refractivity contribution in [3.05, 3.63) is 23.2 Å². The van der Waals surface area contributed by atoms with Crippen LogP contribution in [0.5, 0.6) is 0 Å². The highest BCUT2D eigenvalue weighted by atomic mass is 19.1. The first kappa shape index (κ1) is 8.75. The van der Waals surface area contributed by atoms with Gasteiger partial charge in [-0.1, -0.05) is 0 Å². The zero-order chi connectivity index (χ0) is 9.14. The molecule has 64 valence electrons. The number of nitrogens with two attached hydrogens (primary N) is 1. The Morgan fingerprint density at radius 1 is 1.83 bits per heavy atom. The Morgan fingerprint density at radius 3 is 3.00 bits per heavy atom. The molecule has 0 aliphatic heterocycles. The molecule has 1 aliphatic rings. The van der Waals surface area contributed by atoms with Crippen molar-refractivity contribution < 1.29 is 9.13 Å². The molecule has 0 saturated carbocycles. The molecule has 0 spiro atoms. The van der Waals surface area contributed by atoms with Gasteiger partial charge in [-0.15, -0.1) is 0 Å².